The van der Waals surface area contributed by atoms with Crippen molar-refractivity contribution in [2.24, 2.45) is 0 Å². The average Bonchev–Trinajstić information content (AvgIpc) is 2.63. The van der Waals surface area contributed by atoms with Crippen LogP contribution in [0, 0.1) is 0 Å². The molecule has 114 valence electrons. The first-order valence-corrected chi connectivity index (χ1v) is 8.69. The van der Waals surface area contributed by atoms with Crippen molar-refractivity contribution in [2.45, 2.75) is 0 Å². The summed E-state index contributed by atoms with van der Waals surface area (Å²) in [5.41, 5.74) is 4.79. The van der Waals surface area contributed by atoms with Crippen LogP contribution in [0.5, 0.6) is 11.5 Å². The van der Waals surface area contributed by atoms with Crippen molar-refractivity contribution in [3.63, 3.8) is 0 Å². The van der Waals surface area contributed by atoms with Crippen molar-refractivity contribution in [2.75, 3.05) is 0 Å². The monoisotopic (exact) mass is 372 g/mol. The third-order valence-electron chi connectivity index (χ3n) is 4.53. The summed E-state index contributed by atoms with van der Waals surface area (Å²) in [6.07, 6.45) is 0. The molecule has 0 aromatic heterocycles. The molecule has 0 saturated heterocycles. The molecule has 4 aromatic rings. The highest BCUT2D eigenvalue weighted by Crippen LogP contribution is 2.47. The molecule has 1 nitrogen and oxygen atoms in total. The van der Waals surface area contributed by atoms with Gasteiger partial charge in [-0.2, -0.15) is 0 Å². The van der Waals surface area contributed by atoms with E-state index in [0.29, 0.717) is 0 Å². The minimum atomic E-state index is 0.919. The molecule has 0 spiro atoms. The summed E-state index contributed by atoms with van der Waals surface area (Å²) >= 11 is 3.50. The minimum absolute atomic E-state index is 0.919. The van der Waals surface area contributed by atoms with E-state index in [1.54, 1.807) is 0 Å². The van der Waals surface area contributed by atoms with E-state index in [4.69, 9.17) is 4.74 Å². The van der Waals surface area contributed by atoms with E-state index in [1.165, 1.54) is 27.5 Å². The Hall–Kier alpha value is -2.58. The molecule has 0 fully saturated rings. The molecule has 4 aromatic carbocycles. The van der Waals surface area contributed by atoms with Gasteiger partial charge in [0.2, 0.25) is 0 Å². The fourth-order valence-corrected chi connectivity index (χ4v) is 3.65. The molecule has 0 unspecified atom stereocenters. The molecule has 0 amide bonds. The van der Waals surface area contributed by atoms with Crippen LogP contribution >= 0.6 is 15.9 Å². The molecule has 1 heterocycles. The number of hydrogen-bond donors (Lipinski definition) is 0. The zero-order chi connectivity index (χ0) is 16.1. The van der Waals surface area contributed by atoms with E-state index in [2.05, 4.69) is 82.7 Å². The van der Waals surface area contributed by atoms with Crippen LogP contribution in [0.1, 0.15) is 0 Å². The molecule has 1 aliphatic heterocycles. The maximum Gasteiger partial charge on any atom is 0.135 e. The van der Waals surface area contributed by atoms with Gasteiger partial charge in [-0.25, -0.2) is 0 Å². The predicted octanol–water partition coefficient (Wildman–Crippen LogP) is 7.04. The zero-order valence-corrected chi connectivity index (χ0v) is 14.4. The molecule has 0 radical (unpaired) electrons. The number of halogens is 1. The van der Waals surface area contributed by atoms with Crippen LogP contribution in [0.2, 0.25) is 0 Å². The lowest BCUT2D eigenvalue weighted by Crippen LogP contribution is -1.97. The second-order valence-electron chi connectivity index (χ2n) is 5.98. The molecular weight excluding hydrogens is 360 g/mol. The molecule has 24 heavy (non-hydrogen) atoms. The van der Waals surface area contributed by atoms with Crippen LogP contribution < -0.4 is 4.74 Å². The van der Waals surface area contributed by atoms with E-state index < -0.39 is 0 Å². The Morgan fingerprint density at radius 3 is 2.21 bits per heavy atom. The number of benzene rings is 4. The Balaban J connectivity index is 1.75. The fourth-order valence-electron chi connectivity index (χ4n) is 3.39. The van der Waals surface area contributed by atoms with Gasteiger partial charge >= 0.3 is 0 Å². The van der Waals surface area contributed by atoms with Gasteiger partial charge in [0.1, 0.15) is 11.5 Å². The van der Waals surface area contributed by atoms with E-state index in [0.717, 1.165) is 21.5 Å². The van der Waals surface area contributed by atoms with Crippen LogP contribution in [0.25, 0.3) is 33.0 Å². The smallest absolute Gasteiger partial charge is 0.135 e. The third kappa shape index (κ3) is 2.07. The summed E-state index contributed by atoms with van der Waals surface area (Å²) in [6.45, 7) is 0. The van der Waals surface area contributed by atoms with Gasteiger partial charge in [-0.05, 0) is 52.4 Å². The molecule has 0 saturated carbocycles. The summed E-state index contributed by atoms with van der Waals surface area (Å²) in [4.78, 5) is 0. The first kappa shape index (κ1) is 13.8. The lowest BCUT2D eigenvalue weighted by atomic mass is 9.92. The second-order valence-corrected chi connectivity index (χ2v) is 6.90. The van der Waals surface area contributed by atoms with Crippen LogP contribution in [-0.2, 0) is 0 Å². The number of rotatable bonds is 1. The van der Waals surface area contributed by atoms with E-state index >= 15 is 0 Å². The Bertz CT molecular complexity index is 1080. The van der Waals surface area contributed by atoms with Gasteiger partial charge in [-0.15, -0.1) is 0 Å². The van der Waals surface area contributed by atoms with E-state index in [1.807, 2.05) is 12.1 Å². The molecule has 0 aliphatic carbocycles. The van der Waals surface area contributed by atoms with Gasteiger partial charge < -0.3 is 4.74 Å². The highest BCUT2D eigenvalue weighted by Gasteiger charge is 2.19. The van der Waals surface area contributed by atoms with Gasteiger partial charge in [0.25, 0.3) is 0 Å². The van der Waals surface area contributed by atoms with E-state index in [9.17, 15) is 0 Å². The van der Waals surface area contributed by atoms with Crippen molar-refractivity contribution in [3.8, 4) is 33.8 Å². The zero-order valence-electron chi connectivity index (χ0n) is 12.8. The largest absolute Gasteiger partial charge is 0.456 e. The normalized spacial score (nSPS) is 11.9. The van der Waals surface area contributed by atoms with Crippen molar-refractivity contribution in [1.29, 1.82) is 0 Å². The number of hydrogen-bond acceptors (Lipinski definition) is 1. The summed E-state index contributed by atoms with van der Waals surface area (Å²) in [6, 6.07) is 27.5. The first-order chi connectivity index (χ1) is 11.8. The van der Waals surface area contributed by atoms with Crippen LogP contribution in [0.4, 0.5) is 0 Å². The van der Waals surface area contributed by atoms with Crippen molar-refractivity contribution < 1.29 is 4.74 Å². The van der Waals surface area contributed by atoms with Gasteiger partial charge in [-0.3, -0.25) is 0 Å². The predicted molar refractivity (Wildman–Crippen MR) is 103 cm³/mol. The maximum absolute atomic E-state index is 6.15. The highest BCUT2D eigenvalue weighted by molar-refractivity contribution is 9.10. The Morgan fingerprint density at radius 1 is 0.625 bits per heavy atom. The van der Waals surface area contributed by atoms with Gasteiger partial charge in [0.05, 0.1) is 0 Å². The second kappa shape index (κ2) is 5.22. The van der Waals surface area contributed by atoms with Gasteiger partial charge in [-0.1, -0.05) is 64.5 Å². The Kier molecular flexibility index (Phi) is 3.00. The standard InChI is InChI=1S/C22H13BrO/c23-17-10-7-14(8-11-17)16-9-12-20-19(13-16)18-5-1-3-15-4-2-6-21(24-20)22(15)18/h1-13H. The Morgan fingerprint density at radius 2 is 1.38 bits per heavy atom. The molecule has 0 N–H and O–H groups in total. The average molecular weight is 373 g/mol. The SMILES string of the molecule is Brc1ccc(-c2ccc3c(c2)-c2cccc4cccc(c24)O3)cc1. The summed E-state index contributed by atoms with van der Waals surface area (Å²) in [7, 11) is 0. The van der Waals surface area contributed by atoms with E-state index in [-0.39, 0.29) is 0 Å². The molecule has 1 aliphatic rings. The maximum atomic E-state index is 6.15. The van der Waals surface area contributed by atoms with Gasteiger partial charge in [0.15, 0.2) is 0 Å². The van der Waals surface area contributed by atoms with Gasteiger partial charge in [0, 0.05) is 15.4 Å². The molecule has 2 heteroatoms. The molecule has 0 atom stereocenters. The molecular formula is C22H13BrO. The topological polar surface area (TPSA) is 9.23 Å². The quantitative estimate of drug-likeness (QED) is 0.306. The highest BCUT2D eigenvalue weighted by atomic mass is 79.9. The van der Waals surface area contributed by atoms with Crippen LogP contribution in [0.3, 0.4) is 0 Å². The minimum Gasteiger partial charge on any atom is -0.456 e. The van der Waals surface area contributed by atoms with Crippen molar-refractivity contribution in [3.05, 3.63) is 83.3 Å². The molecule has 0 bridgehead atoms. The number of fused-ring (bicyclic) bond motifs is 2. The van der Waals surface area contributed by atoms with Crippen molar-refractivity contribution >= 4 is 26.7 Å². The van der Waals surface area contributed by atoms with Crippen LogP contribution in [-0.4, -0.2) is 0 Å². The fraction of sp³-hybridized carbons (Fsp3) is 0. The third-order valence-corrected chi connectivity index (χ3v) is 5.06. The first-order valence-electron chi connectivity index (χ1n) is 7.89. The summed E-state index contributed by atoms with van der Waals surface area (Å²) in [5.74, 6) is 1.86. The van der Waals surface area contributed by atoms with Crippen LogP contribution in [0.15, 0.2) is 83.3 Å². The Labute approximate surface area is 148 Å². The molecule has 5 rings (SSSR count). The lowest BCUT2D eigenvalue weighted by molar-refractivity contribution is 0.487. The van der Waals surface area contributed by atoms with Crippen molar-refractivity contribution in [1.82, 2.24) is 0 Å². The lowest BCUT2D eigenvalue weighted by Gasteiger charge is -2.21. The summed E-state index contributed by atoms with van der Waals surface area (Å²) in [5, 5.41) is 2.41. The number of ether oxygens (including phenoxy) is 1. The summed E-state index contributed by atoms with van der Waals surface area (Å²) < 4.78 is 7.24.